The number of nitrogens with one attached hydrogen (secondary N) is 1. The number of rotatable bonds is 4. The number of nitrogens with zero attached hydrogens (tertiary/aromatic N) is 2. The van der Waals surface area contributed by atoms with Gasteiger partial charge in [-0.15, -0.1) is 11.3 Å². The van der Waals surface area contributed by atoms with Gasteiger partial charge in [0.1, 0.15) is 17.0 Å². The Morgan fingerprint density at radius 3 is 3.06 bits per heavy atom. The van der Waals surface area contributed by atoms with Gasteiger partial charge in [0, 0.05) is 10.9 Å². The zero-order valence-corrected chi connectivity index (χ0v) is 10.3. The monoisotopic (exact) mass is 236 g/mol. The van der Waals surface area contributed by atoms with Crippen LogP contribution < -0.4 is 11.1 Å². The van der Waals surface area contributed by atoms with Crippen LogP contribution in [-0.4, -0.2) is 22.6 Å². The number of hydrogen-bond acceptors (Lipinski definition) is 5. The van der Waals surface area contributed by atoms with Gasteiger partial charge in [0.05, 0.1) is 5.39 Å². The molecule has 0 fully saturated rings. The molecule has 0 spiro atoms. The van der Waals surface area contributed by atoms with Gasteiger partial charge in [-0.05, 0) is 32.9 Å². The van der Waals surface area contributed by atoms with E-state index in [0.717, 1.165) is 22.5 Å². The van der Waals surface area contributed by atoms with Crippen molar-refractivity contribution in [3.63, 3.8) is 0 Å². The Hall–Kier alpha value is -1.20. The molecule has 0 saturated carbocycles. The fraction of sp³-hybridized carbons (Fsp3) is 0.455. The Bertz CT molecular complexity index is 480. The minimum Gasteiger partial charge on any atom is -0.367 e. The number of fused-ring (bicyclic) bond motifs is 1. The summed E-state index contributed by atoms with van der Waals surface area (Å²) in [7, 11) is 0. The lowest BCUT2D eigenvalue weighted by Gasteiger charge is -2.13. The van der Waals surface area contributed by atoms with Crippen LogP contribution in [0.4, 0.5) is 5.82 Å². The van der Waals surface area contributed by atoms with Gasteiger partial charge in [-0.1, -0.05) is 0 Å². The molecule has 0 aliphatic heterocycles. The summed E-state index contributed by atoms with van der Waals surface area (Å²) in [5, 5.41) is 4.48. The van der Waals surface area contributed by atoms with E-state index in [1.54, 1.807) is 17.7 Å². The average molecular weight is 236 g/mol. The third-order valence-corrected chi connectivity index (χ3v) is 3.39. The molecule has 86 valence electrons. The summed E-state index contributed by atoms with van der Waals surface area (Å²) in [6.45, 7) is 4.88. The summed E-state index contributed by atoms with van der Waals surface area (Å²) >= 11 is 1.69. The van der Waals surface area contributed by atoms with Crippen molar-refractivity contribution in [1.29, 1.82) is 0 Å². The van der Waals surface area contributed by atoms with Gasteiger partial charge in [0.15, 0.2) is 0 Å². The summed E-state index contributed by atoms with van der Waals surface area (Å²) in [6, 6.07) is 2.46. The van der Waals surface area contributed by atoms with Crippen molar-refractivity contribution < 1.29 is 0 Å². The van der Waals surface area contributed by atoms with Gasteiger partial charge in [-0.2, -0.15) is 0 Å². The number of nitrogens with two attached hydrogens (primary N) is 1. The van der Waals surface area contributed by atoms with Crippen LogP contribution in [0.5, 0.6) is 0 Å². The van der Waals surface area contributed by atoms with Crippen LogP contribution >= 0.6 is 11.3 Å². The highest BCUT2D eigenvalue weighted by Gasteiger charge is 2.08. The maximum atomic E-state index is 5.53. The van der Waals surface area contributed by atoms with Gasteiger partial charge in [0.25, 0.3) is 0 Å². The van der Waals surface area contributed by atoms with E-state index in [4.69, 9.17) is 5.73 Å². The topological polar surface area (TPSA) is 63.8 Å². The van der Waals surface area contributed by atoms with Crippen LogP contribution in [0.1, 0.15) is 18.2 Å². The summed E-state index contributed by atoms with van der Waals surface area (Å²) in [4.78, 5) is 10.8. The van der Waals surface area contributed by atoms with Crippen molar-refractivity contribution in [2.45, 2.75) is 26.3 Å². The molecule has 2 aromatic heterocycles. The Morgan fingerprint density at radius 1 is 1.50 bits per heavy atom. The van der Waals surface area contributed by atoms with Crippen molar-refractivity contribution in [3.05, 3.63) is 17.3 Å². The van der Waals surface area contributed by atoms with Crippen molar-refractivity contribution in [1.82, 2.24) is 9.97 Å². The summed E-state index contributed by atoms with van der Waals surface area (Å²) in [5.74, 6) is 0.912. The van der Waals surface area contributed by atoms with Crippen LogP contribution in [0.2, 0.25) is 0 Å². The van der Waals surface area contributed by atoms with Crippen molar-refractivity contribution >= 4 is 27.4 Å². The minimum absolute atomic E-state index is 0.336. The largest absolute Gasteiger partial charge is 0.367 e. The molecule has 5 heteroatoms. The SMILES string of the molecule is Cc1cc2c(NC(C)CCN)ncnc2s1. The van der Waals surface area contributed by atoms with Crippen LogP contribution in [0.25, 0.3) is 10.2 Å². The van der Waals surface area contributed by atoms with Gasteiger partial charge < -0.3 is 11.1 Å². The van der Waals surface area contributed by atoms with E-state index in [2.05, 4.69) is 35.2 Å². The predicted molar refractivity (Wildman–Crippen MR) is 68.9 cm³/mol. The highest BCUT2D eigenvalue weighted by atomic mass is 32.1. The van der Waals surface area contributed by atoms with Gasteiger partial charge >= 0.3 is 0 Å². The Kier molecular flexibility index (Phi) is 3.36. The first kappa shape index (κ1) is 11.3. The predicted octanol–water partition coefficient (Wildman–Crippen LogP) is 2.15. The number of thiophene rings is 1. The van der Waals surface area contributed by atoms with Crippen molar-refractivity contribution in [2.75, 3.05) is 11.9 Å². The highest BCUT2D eigenvalue weighted by Crippen LogP contribution is 2.27. The summed E-state index contributed by atoms with van der Waals surface area (Å²) in [5.41, 5.74) is 5.53. The molecular formula is C11H16N4S. The zero-order chi connectivity index (χ0) is 11.5. The number of aryl methyl sites for hydroxylation is 1. The normalized spacial score (nSPS) is 12.9. The molecule has 2 heterocycles. The molecule has 0 aliphatic carbocycles. The van der Waals surface area contributed by atoms with E-state index in [-0.39, 0.29) is 0 Å². The lowest BCUT2D eigenvalue weighted by molar-refractivity contribution is 0.714. The highest BCUT2D eigenvalue weighted by molar-refractivity contribution is 7.18. The Morgan fingerprint density at radius 2 is 2.31 bits per heavy atom. The number of aromatic nitrogens is 2. The molecular weight excluding hydrogens is 220 g/mol. The molecule has 4 nitrogen and oxygen atoms in total. The first-order chi connectivity index (χ1) is 7.70. The lowest BCUT2D eigenvalue weighted by Crippen LogP contribution is -2.20. The summed E-state index contributed by atoms with van der Waals surface area (Å²) < 4.78 is 0. The molecule has 16 heavy (non-hydrogen) atoms. The number of anilines is 1. The van der Waals surface area contributed by atoms with E-state index in [1.807, 2.05) is 0 Å². The first-order valence-electron chi connectivity index (χ1n) is 5.38. The smallest absolute Gasteiger partial charge is 0.138 e. The van der Waals surface area contributed by atoms with Crippen molar-refractivity contribution in [2.24, 2.45) is 5.73 Å². The molecule has 1 unspecified atom stereocenters. The van der Waals surface area contributed by atoms with Gasteiger partial charge in [-0.25, -0.2) is 9.97 Å². The second kappa shape index (κ2) is 4.76. The van der Waals surface area contributed by atoms with Crippen LogP contribution in [0.3, 0.4) is 0 Å². The van der Waals surface area contributed by atoms with Crippen LogP contribution in [-0.2, 0) is 0 Å². The molecule has 0 amide bonds. The quantitative estimate of drug-likeness (QED) is 0.853. The molecule has 0 aromatic carbocycles. The third kappa shape index (κ3) is 2.31. The maximum absolute atomic E-state index is 5.53. The Labute approximate surface area is 98.9 Å². The van der Waals surface area contributed by atoms with E-state index in [9.17, 15) is 0 Å². The second-order valence-corrected chi connectivity index (χ2v) is 5.16. The first-order valence-corrected chi connectivity index (χ1v) is 6.20. The molecule has 0 saturated heterocycles. The lowest BCUT2D eigenvalue weighted by atomic mass is 10.2. The second-order valence-electron chi connectivity index (χ2n) is 3.92. The summed E-state index contributed by atoms with van der Waals surface area (Å²) in [6.07, 6.45) is 2.55. The molecule has 3 N–H and O–H groups in total. The molecule has 2 aromatic rings. The Balaban J connectivity index is 2.29. The van der Waals surface area contributed by atoms with E-state index >= 15 is 0 Å². The van der Waals surface area contributed by atoms with E-state index < -0.39 is 0 Å². The molecule has 0 bridgehead atoms. The zero-order valence-electron chi connectivity index (χ0n) is 9.53. The standard InChI is InChI=1S/C11H16N4S/c1-7(3-4-12)15-10-9-5-8(2)16-11(9)14-6-13-10/h5-7H,3-4,12H2,1-2H3,(H,13,14,15). The van der Waals surface area contributed by atoms with Crippen LogP contribution in [0.15, 0.2) is 12.4 Å². The van der Waals surface area contributed by atoms with E-state index in [1.165, 1.54) is 4.88 Å². The molecule has 2 rings (SSSR count). The van der Waals surface area contributed by atoms with Gasteiger partial charge in [-0.3, -0.25) is 0 Å². The fourth-order valence-electron chi connectivity index (χ4n) is 1.65. The fourth-order valence-corrected chi connectivity index (χ4v) is 2.49. The maximum Gasteiger partial charge on any atom is 0.138 e. The van der Waals surface area contributed by atoms with Gasteiger partial charge in [0.2, 0.25) is 0 Å². The molecule has 0 radical (unpaired) electrons. The van der Waals surface area contributed by atoms with E-state index in [0.29, 0.717) is 12.6 Å². The number of hydrogen-bond donors (Lipinski definition) is 2. The minimum atomic E-state index is 0.336. The average Bonchev–Trinajstić information content (AvgIpc) is 2.60. The molecule has 1 atom stereocenters. The van der Waals surface area contributed by atoms with Crippen LogP contribution in [0, 0.1) is 6.92 Å². The third-order valence-electron chi connectivity index (χ3n) is 2.44. The molecule has 0 aliphatic rings. The van der Waals surface area contributed by atoms with Crippen molar-refractivity contribution in [3.8, 4) is 0 Å².